The van der Waals surface area contributed by atoms with Crippen molar-refractivity contribution in [3.05, 3.63) is 63.6 Å². The number of carbonyl (C=O) groups is 1. The van der Waals surface area contributed by atoms with Crippen LogP contribution in [0.15, 0.2) is 53.0 Å². The number of halogens is 2. The number of nitrogens with zero attached hydrogens (tertiary/aromatic N) is 2. The summed E-state index contributed by atoms with van der Waals surface area (Å²) in [4.78, 5) is 16.7. The first-order valence-electron chi connectivity index (χ1n) is 9.09. The molecule has 2 saturated heterocycles. The van der Waals surface area contributed by atoms with Crippen LogP contribution in [-0.2, 0) is 21.1 Å². The summed E-state index contributed by atoms with van der Waals surface area (Å²) in [6.45, 7) is 0.860. The molecule has 0 aliphatic carbocycles. The van der Waals surface area contributed by atoms with Gasteiger partial charge in [-0.15, -0.1) is 0 Å². The highest BCUT2D eigenvalue weighted by atomic mass is 79.9. The molecule has 148 valence electrons. The number of amides is 1. The van der Waals surface area contributed by atoms with E-state index in [-0.39, 0.29) is 36.0 Å². The third-order valence-corrected chi connectivity index (χ3v) is 7.89. The molecule has 4 rings (SSSR count). The second-order valence-electron chi connectivity index (χ2n) is 7.30. The highest BCUT2D eigenvalue weighted by molar-refractivity contribution is 9.10. The molecule has 2 atom stereocenters. The number of carbonyl (C=O) groups excluding carboxylic acids is 1. The van der Waals surface area contributed by atoms with Crippen LogP contribution in [0, 0.1) is 0 Å². The molecule has 2 aromatic rings. The zero-order valence-corrected chi connectivity index (χ0v) is 18.3. The molecule has 2 heterocycles. The Labute approximate surface area is 178 Å². The average Bonchev–Trinajstić information content (AvgIpc) is 2.97. The second kappa shape index (κ2) is 7.78. The predicted octanol–water partition coefficient (Wildman–Crippen LogP) is 3.16. The highest BCUT2D eigenvalue weighted by Crippen LogP contribution is 2.32. The molecular weight excluding hydrogens is 464 g/mol. The van der Waals surface area contributed by atoms with Crippen molar-refractivity contribution in [3.8, 4) is 0 Å². The van der Waals surface area contributed by atoms with E-state index in [0.29, 0.717) is 11.6 Å². The van der Waals surface area contributed by atoms with Crippen LogP contribution in [0.4, 0.5) is 5.69 Å². The van der Waals surface area contributed by atoms with E-state index in [1.165, 1.54) is 0 Å². The lowest BCUT2D eigenvalue weighted by Gasteiger charge is -2.43. The van der Waals surface area contributed by atoms with Crippen LogP contribution in [-0.4, -0.2) is 55.9 Å². The monoisotopic (exact) mass is 482 g/mol. The molecule has 2 fully saturated rings. The van der Waals surface area contributed by atoms with E-state index in [0.717, 1.165) is 22.1 Å². The summed E-state index contributed by atoms with van der Waals surface area (Å²) in [6.07, 6.45) is 0.742. The summed E-state index contributed by atoms with van der Waals surface area (Å²) in [6, 6.07) is 14.5. The first-order chi connectivity index (χ1) is 13.3. The van der Waals surface area contributed by atoms with Crippen LogP contribution in [0.3, 0.4) is 0 Å². The van der Waals surface area contributed by atoms with Gasteiger partial charge in [0.1, 0.15) is 0 Å². The van der Waals surface area contributed by atoms with Crippen molar-refractivity contribution < 1.29 is 13.2 Å². The third-order valence-electron chi connectivity index (χ3n) is 5.41. The smallest absolute Gasteiger partial charge is 0.241 e. The summed E-state index contributed by atoms with van der Waals surface area (Å²) < 4.78 is 25.7. The molecule has 0 bridgehead atoms. The van der Waals surface area contributed by atoms with E-state index in [9.17, 15) is 13.2 Å². The van der Waals surface area contributed by atoms with Crippen molar-refractivity contribution in [3.63, 3.8) is 0 Å². The molecule has 2 unspecified atom stereocenters. The van der Waals surface area contributed by atoms with Crippen molar-refractivity contribution in [1.29, 1.82) is 0 Å². The fourth-order valence-corrected chi connectivity index (χ4v) is 6.44. The summed E-state index contributed by atoms with van der Waals surface area (Å²) in [7, 11) is -3.19. The maximum Gasteiger partial charge on any atom is 0.241 e. The van der Waals surface area contributed by atoms with E-state index >= 15 is 0 Å². The predicted molar refractivity (Wildman–Crippen MR) is 115 cm³/mol. The molecule has 8 heteroatoms. The Balaban J connectivity index is 1.57. The van der Waals surface area contributed by atoms with Crippen LogP contribution in [0.25, 0.3) is 0 Å². The number of hydrogen-bond acceptors (Lipinski definition) is 4. The van der Waals surface area contributed by atoms with Crippen molar-refractivity contribution in [1.82, 2.24) is 4.90 Å². The molecule has 0 radical (unpaired) electrons. The van der Waals surface area contributed by atoms with E-state index in [2.05, 4.69) is 15.9 Å². The molecule has 2 aromatic carbocycles. The Morgan fingerprint density at radius 3 is 2.32 bits per heavy atom. The van der Waals surface area contributed by atoms with Crippen LogP contribution < -0.4 is 4.90 Å². The van der Waals surface area contributed by atoms with Crippen LogP contribution in [0.2, 0.25) is 5.02 Å². The summed E-state index contributed by atoms with van der Waals surface area (Å²) >= 11 is 9.34. The molecule has 0 spiro atoms. The van der Waals surface area contributed by atoms with E-state index < -0.39 is 9.84 Å². The van der Waals surface area contributed by atoms with Gasteiger partial charge in [0, 0.05) is 27.8 Å². The maximum atomic E-state index is 13.0. The van der Waals surface area contributed by atoms with Gasteiger partial charge in [-0.25, -0.2) is 8.42 Å². The molecule has 0 N–H and O–H groups in total. The number of fused-ring (bicyclic) bond motifs is 1. The zero-order chi connectivity index (χ0) is 19.9. The van der Waals surface area contributed by atoms with Crippen LogP contribution in [0.1, 0.15) is 5.56 Å². The van der Waals surface area contributed by atoms with E-state index in [1.807, 2.05) is 53.4 Å². The van der Waals surface area contributed by atoms with Gasteiger partial charge in [0.15, 0.2) is 9.84 Å². The number of piperazine rings is 1. The lowest BCUT2D eigenvalue weighted by atomic mass is 10.0. The Morgan fingerprint density at radius 1 is 1.00 bits per heavy atom. The summed E-state index contributed by atoms with van der Waals surface area (Å²) in [5.74, 6) is 0.0481. The van der Waals surface area contributed by atoms with Gasteiger partial charge in [0.05, 0.1) is 24.1 Å². The van der Waals surface area contributed by atoms with Gasteiger partial charge in [-0.3, -0.25) is 9.69 Å². The number of sulfone groups is 1. The van der Waals surface area contributed by atoms with Gasteiger partial charge in [-0.2, -0.15) is 0 Å². The van der Waals surface area contributed by atoms with Crippen molar-refractivity contribution in [2.75, 3.05) is 29.5 Å². The minimum Gasteiger partial charge on any atom is -0.306 e. The molecule has 1 amide bonds. The van der Waals surface area contributed by atoms with Gasteiger partial charge in [0.2, 0.25) is 5.91 Å². The first-order valence-corrected chi connectivity index (χ1v) is 12.1. The Kier molecular flexibility index (Phi) is 5.53. The molecule has 2 aliphatic rings. The Morgan fingerprint density at radius 2 is 1.64 bits per heavy atom. The highest BCUT2D eigenvalue weighted by Gasteiger charge is 2.49. The molecular formula is C20H20BrClN2O3S. The van der Waals surface area contributed by atoms with Gasteiger partial charge in [0.25, 0.3) is 0 Å². The van der Waals surface area contributed by atoms with Gasteiger partial charge in [-0.1, -0.05) is 39.7 Å². The Bertz CT molecular complexity index is 980. The minimum atomic E-state index is -3.19. The number of rotatable bonds is 4. The first kappa shape index (κ1) is 19.9. The molecule has 0 saturated carbocycles. The zero-order valence-electron chi connectivity index (χ0n) is 15.1. The second-order valence-corrected chi connectivity index (χ2v) is 10.8. The third kappa shape index (κ3) is 4.13. The van der Waals surface area contributed by atoms with Crippen molar-refractivity contribution >= 4 is 49.0 Å². The fourth-order valence-electron chi connectivity index (χ4n) is 4.06. The number of hydrogen-bond donors (Lipinski definition) is 0. The largest absolute Gasteiger partial charge is 0.306 e. The van der Waals surface area contributed by atoms with Crippen LogP contribution in [0.5, 0.6) is 0 Å². The van der Waals surface area contributed by atoms with Crippen molar-refractivity contribution in [2.24, 2.45) is 0 Å². The SMILES string of the molecule is O=C1CN(CCc2ccc(Cl)cc2)C2CS(=O)(=O)CC2N1c1ccc(Br)cc1. The summed E-state index contributed by atoms with van der Waals surface area (Å²) in [5.41, 5.74) is 1.86. The minimum absolute atomic E-state index is 0.0108. The van der Waals surface area contributed by atoms with Crippen LogP contribution >= 0.6 is 27.5 Å². The quantitative estimate of drug-likeness (QED) is 0.670. The maximum absolute atomic E-state index is 13.0. The molecule has 2 aliphatic heterocycles. The lowest BCUT2D eigenvalue weighted by Crippen LogP contribution is -2.62. The lowest BCUT2D eigenvalue weighted by molar-refractivity contribution is -0.123. The topological polar surface area (TPSA) is 57.7 Å². The standard InChI is InChI=1S/C20H20BrClN2O3S/c21-15-3-7-17(8-4-15)24-19-13-28(26,27)12-18(19)23(11-20(24)25)10-9-14-1-5-16(22)6-2-14/h1-8,18-19H,9-13H2. The fraction of sp³-hybridized carbons (Fsp3) is 0.350. The Hall–Kier alpha value is -1.41. The summed E-state index contributed by atoms with van der Waals surface area (Å²) in [5, 5.41) is 0.684. The molecule has 5 nitrogen and oxygen atoms in total. The van der Waals surface area contributed by atoms with Gasteiger partial charge >= 0.3 is 0 Å². The van der Waals surface area contributed by atoms with E-state index in [1.54, 1.807) is 4.90 Å². The number of benzene rings is 2. The van der Waals surface area contributed by atoms with Gasteiger partial charge < -0.3 is 4.90 Å². The average molecular weight is 484 g/mol. The molecule has 0 aromatic heterocycles. The van der Waals surface area contributed by atoms with E-state index in [4.69, 9.17) is 11.6 Å². The number of anilines is 1. The normalized spacial score (nSPS) is 24.4. The van der Waals surface area contributed by atoms with Gasteiger partial charge in [-0.05, 0) is 48.4 Å². The van der Waals surface area contributed by atoms with Crippen molar-refractivity contribution in [2.45, 2.75) is 18.5 Å². The molecule has 28 heavy (non-hydrogen) atoms.